The van der Waals surface area contributed by atoms with E-state index in [0.717, 1.165) is 27.4 Å². The summed E-state index contributed by atoms with van der Waals surface area (Å²) >= 11 is 5.99. The number of pyridine rings is 1. The number of hydrogen-bond donors (Lipinski definition) is 0. The Morgan fingerprint density at radius 1 is 0.976 bits per heavy atom. The molecule has 222 valence electrons. The van der Waals surface area contributed by atoms with E-state index in [1.807, 2.05) is 80.6 Å². The molecule has 2 fully saturated rings. The van der Waals surface area contributed by atoms with Gasteiger partial charge in [0.1, 0.15) is 12.4 Å². The fourth-order valence-corrected chi connectivity index (χ4v) is 7.45. The summed E-state index contributed by atoms with van der Waals surface area (Å²) in [6.45, 7) is 5.23. The maximum Gasteiger partial charge on any atom is 0.416 e. The number of amides is 2. The molecule has 0 N–H and O–H groups in total. The fraction of sp³-hybridized carbons (Fsp3) is 0.387. The van der Waals surface area contributed by atoms with E-state index in [1.165, 1.54) is 4.31 Å². The minimum atomic E-state index is -3.77. The summed E-state index contributed by atoms with van der Waals surface area (Å²) in [5, 5.41) is 0.672. The van der Waals surface area contributed by atoms with Crippen LogP contribution in [0, 0.1) is 11.8 Å². The Morgan fingerprint density at radius 3 is 2.26 bits per heavy atom. The van der Waals surface area contributed by atoms with E-state index < -0.39 is 34.0 Å². The quantitative estimate of drug-likeness (QED) is 0.346. The zero-order valence-electron chi connectivity index (χ0n) is 23.7. The third kappa shape index (κ3) is 6.77. The lowest BCUT2D eigenvalue weighted by Crippen LogP contribution is -2.52. The molecule has 42 heavy (non-hydrogen) atoms. The monoisotopic (exact) mass is 610 g/mol. The van der Waals surface area contributed by atoms with Crippen LogP contribution in [0.2, 0.25) is 5.02 Å². The number of carbonyl (C=O) groups is 2. The van der Waals surface area contributed by atoms with E-state index in [1.54, 1.807) is 6.20 Å². The number of halogens is 1. The number of ether oxygens (including phenoxy) is 1. The molecule has 0 bridgehead atoms. The van der Waals surface area contributed by atoms with Crippen LogP contribution < -0.4 is 4.90 Å². The van der Waals surface area contributed by atoms with Crippen molar-refractivity contribution in [1.82, 2.24) is 14.2 Å². The number of benzene rings is 2. The van der Waals surface area contributed by atoms with E-state index in [4.69, 9.17) is 16.3 Å². The summed E-state index contributed by atoms with van der Waals surface area (Å²) in [5.74, 6) is -1.25. The molecule has 0 radical (unpaired) electrons. The first-order valence-corrected chi connectivity index (χ1v) is 16.1. The van der Waals surface area contributed by atoms with Crippen molar-refractivity contribution in [2.45, 2.75) is 26.3 Å². The molecule has 0 aliphatic carbocycles. The van der Waals surface area contributed by atoms with Gasteiger partial charge in [0.15, 0.2) is 0 Å². The Labute approximate surface area is 252 Å². The van der Waals surface area contributed by atoms with Gasteiger partial charge in [0, 0.05) is 43.0 Å². The molecule has 1 aromatic heterocycles. The van der Waals surface area contributed by atoms with Crippen molar-refractivity contribution < 1.29 is 22.7 Å². The molecule has 5 rings (SSSR count). The predicted molar refractivity (Wildman–Crippen MR) is 163 cm³/mol. The Morgan fingerprint density at radius 2 is 1.64 bits per heavy atom. The average molecular weight is 611 g/mol. The van der Waals surface area contributed by atoms with Crippen LogP contribution in [0.25, 0.3) is 11.1 Å². The van der Waals surface area contributed by atoms with Gasteiger partial charge in [0.2, 0.25) is 15.9 Å². The molecular formula is C31H35ClN4O5S. The highest BCUT2D eigenvalue weighted by molar-refractivity contribution is 7.89. The number of imide groups is 1. The topological polar surface area (TPSA) is 100 Å². The number of rotatable bonds is 9. The lowest BCUT2D eigenvalue weighted by Gasteiger charge is -2.36. The Bertz CT molecular complexity index is 1490. The van der Waals surface area contributed by atoms with Crippen molar-refractivity contribution in [3.63, 3.8) is 0 Å². The van der Waals surface area contributed by atoms with E-state index in [-0.39, 0.29) is 31.4 Å². The second-order valence-electron chi connectivity index (χ2n) is 11.1. The number of piperazine rings is 1. The fourth-order valence-electron chi connectivity index (χ4n) is 5.41. The maximum absolute atomic E-state index is 13.7. The van der Waals surface area contributed by atoms with Gasteiger partial charge in [0.05, 0.1) is 17.7 Å². The second-order valence-corrected chi connectivity index (χ2v) is 13.5. The van der Waals surface area contributed by atoms with Gasteiger partial charge in [-0.1, -0.05) is 67.9 Å². The minimum Gasteiger partial charge on any atom is -0.447 e. The van der Waals surface area contributed by atoms with Gasteiger partial charge in [0.25, 0.3) is 0 Å². The summed E-state index contributed by atoms with van der Waals surface area (Å²) in [6.07, 6.45) is 1.54. The molecule has 2 saturated heterocycles. The normalized spacial score (nSPS) is 18.8. The van der Waals surface area contributed by atoms with Crippen molar-refractivity contribution in [2.24, 2.45) is 11.8 Å². The molecule has 9 nitrogen and oxygen atoms in total. The number of aromatic nitrogens is 1. The molecule has 2 aliphatic rings. The molecule has 3 heterocycles. The van der Waals surface area contributed by atoms with Gasteiger partial charge < -0.3 is 9.64 Å². The average Bonchev–Trinajstić information content (AvgIpc) is 3.36. The molecule has 3 aromatic rings. The Hall–Kier alpha value is -3.47. The lowest BCUT2D eigenvalue weighted by molar-refractivity contribution is -0.134. The molecule has 2 aromatic carbocycles. The van der Waals surface area contributed by atoms with Gasteiger partial charge in [-0.05, 0) is 47.7 Å². The van der Waals surface area contributed by atoms with Crippen LogP contribution in [0.4, 0.5) is 10.6 Å². The van der Waals surface area contributed by atoms with Crippen LogP contribution in [-0.4, -0.2) is 79.2 Å². The summed E-state index contributed by atoms with van der Waals surface area (Å²) < 4.78 is 33.7. The van der Waals surface area contributed by atoms with Gasteiger partial charge in [-0.25, -0.2) is 23.1 Å². The zero-order chi connectivity index (χ0) is 29.9. The minimum absolute atomic E-state index is 0.0910. The van der Waals surface area contributed by atoms with E-state index in [9.17, 15) is 18.0 Å². The smallest absolute Gasteiger partial charge is 0.416 e. The first-order valence-electron chi connectivity index (χ1n) is 14.1. The molecule has 2 aliphatic heterocycles. The van der Waals surface area contributed by atoms with Crippen molar-refractivity contribution in [2.75, 3.05) is 43.4 Å². The van der Waals surface area contributed by atoms with E-state index in [0.29, 0.717) is 24.5 Å². The highest BCUT2D eigenvalue weighted by Gasteiger charge is 2.43. The van der Waals surface area contributed by atoms with Gasteiger partial charge >= 0.3 is 6.09 Å². The Kier molecular flexibility index (Phi) is 9.15. The van der Waals surface area contributed by atoms with E-state index >= 15 is 0 Å². The van der Waals surface area contributed by atoms with Crippen LogP contribution in [-0.2, 0) is 26.0 Å². The van der Waals surface area contributed by atoms with Gasteiger partial charge in [-0.2, -0.15) is 4.31 Å². The SMILES string of the molecule is CC(C)[C@@H](CS(=O)(=O)N1CCN(c2ccc(-c3ccc(Cl)cc3)cn2)CC1)C(=O)N1C(=O)OCC1Cc1ccccc1. The standard InChI is InChI=1S/C31H35ClN4O5S/c1-22(2)28(30(37)36-27(20-41-31(36)38)18-23-6-4-3-5-7-23)21-42(39,40)35-16-14-34(15-17-35)29-13-10-25(19-33-29)24-8-11-26(32)12-9-24/h3-13,19,22,27-28H,14-18,20-21H2,1-2H3/t27?,28-/m1/s1. The molecule has 0 spiro atoms. The number of sulfonamides is 1. The number of nitrogens with zero attached hydrogens (tertiary/aromatic N) is 4. The number of hydrogen-bond acceptors (Lipinski definition) is 7. The van der Waals surface area contributed by atoms with Crippen LogP contribution in [0.1, 0.15) is 19.4 Å². The van der Waals surface area contributed by atoms with Crippen molar-refractivity contribution >= 4 is 39.4 Å². The van der Waals surface area contributed by atoms with Crippen molar-refractivity contribution in [3.8, 4) is 11.1 Å². The lowest BCUT2D eigenvalue weighted by atomic mass is 9.95. The largest absolute Gasteiger partial charge is 0.447 e. The van der Waals surface area contributed by atoms with E-state index in [2.05, 4.69) is 9.88 Å². The molecular weight excluding hydrogens is 576 g/mol. The summed E-state index contributed by atoms with van der Waals surface area (Å²) in [6, 6.07) is 20.5. The van der Waals surface area contributed by atoms with Crippen molar-refractivity contribution in [1.29, 1.82) is 0 Å². The highest BCUT2D eigenvalue weighted by atomic mass is 35.5. The molecule has 2 atom stereocenters. The van der Waals surface area contributed by atoms with Crippen LogP contribution in [0.5, 0.6) is 0 Å². The first-order chi connectivity index (χ1) is 20.1. The highest BCUT2D eigenvalue weighted by Crippen LogP contribution is 2.27. The Balaban J connectivity index is 1.22. The van der Waals surface area contributed by atoms with Gasteiger partial charge in [-0.3, -0.25) is 4.79 Å². The van der Waals surface area contributed by atoms with Crippen LogP contribution in [0.15, 0.2) is 72.9 Å². The van der Waals surface area contributed by atoms with Crippen LogP contribution in [0.3, 0.4) is 0 Å². The van der Waals surface area contributed by atoms with Gasteiger partial charge in [-0.15, -0.1) is 0 Å². The third-order valence-electron chi connectivity index (χ3n) is 7.91. The number of carbonyl (C=O) groups excluding carboxylic acids is 2. The molecule has 1 unspecified atom stereocenters. The molecule has 0 saturated carbocycles. The second kappa shape index (κ2) is 12.8. The van der Waals surface area contributed by atoms with Crippen LogP contribution >= 0.6 is 11.6 Å². The molecule has 2 amide bonds. The third-order valence-corrected chi connectivity index (χ3v) is 10.1. The zero-order valence-corrected chi connectivity index (χ0v) is 25.3. The molecule has 11 heteroatoms. The maximum atomic E-state index is 13.7. The number of cyclic esters (lactones) is 1. The predicted octanol–water partition coefficient (Wildman–Crippen LogP) is 4.72. The first kappa shape index (κ1) is 30.0. The number of anilines is 1. The summed E-state index contributed by atoms with van der Waals surface area (Å²) in [5.41, 5.74) is 2.95. The summed E-state index contributed by atoms with van der Waals surface area (Å²) in [7, 11) is -3.77. The van der Waals surface area contributed by atoms with Crippen molar-refractivity contribution in [3.05, 3.63) is 83.5 Å². The summed E-state index contributed by atoms with van der Waals surface area (Å²) in [4.78, 5) is 34.0.